The van der Waals surface area contributed by atoms with Gasteiger partial charge in [-0.3, -0.25) is 4.79 Å². The lowest BCUT2D eigenvalue weighted by Crippen LogP contribution is -2.28. The van der Waals surface area contributed by atoms with Crippen molar-refractivity contribution >= 4 is 28.8 Å². The van der Waals surface area contributed by atoms with E-state index in [1.807, 2.05) is 35.0 Å². The molecule has 2 aromatic heterocycles. The molecule has 0 spiro atoms. The summed E-state index contributed by atoms with van der Waals surface area (Å²) >= 11 is 7.45. The van der Waals surface area contributed by atoms with Crippen LogP contribution in [0, 0.1) is 0 Å². The van der Waals surface area contributed by atoms with Crippen LogP contribution in [0.15, 0.2) is 41.1 Å². The van der Waals surface area contributed by atoms with E-state index in [1.165, 1.54) is 4.80 Å². The molecule has 0 saturated heterocycles. The van der Waals surface area contributed by atoms with Gasteiger partial charge in [-0.05, 0) is 34.4 Å². The molecular formula is C14H12ClN5OS. The number of thiophene rings is 1. The lowest BCUT2D eigenvalue weighted by Gasteiger charge is -2.04. The Balaban J connectivity index is 1.56. The van der Waals surface area contributed by atoms with Crippen molar-refractivity contribution in [2.75, 3.05) is 0 Å². The summed E-state index contributed by atoms with van der Waals surface area (Å²) in [4.78, 5) is 13.2. The Kier molecular flexibility index (Phi) is 4.45. The summed E-state index contributed by atoms with van der Waals surface area (Å²) in [6.07, 6.45) is 0. The fourth-order valence-electron chi connectivity index (χ4n) is 1.85. The number of hydrogen-bond donors (Lipinski definition) is 1. The van der Waals surface area contributed by atoms with Gasteiger partial charge in [0.1, 0.15) is 6.54 Å². The minimum Gasteiger partial charge on any atom is -0.350 e. The molecule has 0 aliphatic carbocycles. The van der Waals surface area contributed by atoms with Crippen LogP contribution >= 0.6 is 22.9 Å². The van der Waals surface area contributed by atoms with E-state index in [2.05, 4.69) is 20.7 Å². The molecule has 0 bridgehead atoms. The van der Waals surface area contributed by atoms with Gasteiger partial charge < -0.3 is 5.32 Å². The molecular weight excluding hydrogens is 322 g/mol. The highest BCUT2D eigenvalue weighted by Gasteiger charge is 2.09. The fourth-order valence-corrected chi connectivity index (χ4v) is 2.70. The van der Waals surface area contributed by atoms with E-state index in [0.29, 0.717) is 17.4 Å². The van der Waals surface area contributed by atoms with Crippen LogP contribution < -0.4 is 5.32 Å². The molecule has 1 aromatic carbocycles. The molecule has 0 aliphatic rings. The molecule has 6 nitrogen and oxygen atoms in total. The molecule has 3 rings (SSSR count). The van der Waals surface area contributed by atoms with Gasteiger partial charge in [0.15, 0.2) is 0 Å². The first-order valence-electron chi connectivity index (χ1n) is 6.52. The molecule has 0 aliphatic heterocycles. The van der Waals surface area contributed by atoms with Crippen LogP contribution in [0.25, 0.3) is 11.4 Å². The van der Waals surface area contributed by atoms with Gasteiger partial charge in [0, 0.05) is 22.5 Å². The highest BCUT2D eigenvalue weighted by atomic mass is 35.5. The topological polar surface area (TPSA) is 72.7 Å². The van der Waals surface area contributed by atoms with Crippen molar-refractivity contribution < 1.29 is 4.79 Å². The monoisotopic (exact) mass is 333 g/mol. The third kappa shape index (κ3) is 3.69. The first-order chi connectivity index (χ1) is 10.7. The molecule has 0 atom stereocenters. The van der Waals surface area contributed by atoms with Gasteiger partial charge in [0.2, 0.25) is 11.7 Å². The number of nitrogens with one attached hydrogen (secondary N) is 1. The summed E-state index contributed by atoms with van der Waals surface area (Å²) in [6.45, 7) is 0.434. The average Bonchev–Trinajstić information content (AvgIpc) is 3.16. The highest BCUT2D eigenvalue weighted by molar-refractivity contribution is 7.08. The normalized spacial score (nSPS) is 10.6. The van der Waals surface area contributed by atoms with Gasteiger partial charge in [-0.1, -0.05) is 23.7 Å². The molecule has 0 unspecified atom stereocenters. The van der Waals surface area contributed by atoms with Crippen LogP contribution in [0.1, 0.15) is 5.56 Å². The number of halogens is 1. The van der Waals surface area contributed by atoms with Gasteiger partial charge >= 0.3 is 0 Å². The lowest BCUT2D eigenvalue weighted by molar-refractivity contribution is -0.122. The van der Waals surface area contributed by atoms with E-state index in [4.69, 9.17) is 11.6 Å². The Morgan fingerprint density at radius 3 is 3.05 bits per heavy atom. The number of hydrogen-bond acceptors (Lipinski definition) is 5. The number of nitrogens with zero attached hydrogens (tertiary/aromatic N) is 4. The quantitative estimate of drug-likeness (QED) is 0.778. The zero-order valence-electron chi connectivity index (χ0n) is 11.4. The number of benzene rings is 1. The maximum absolute atomic E-state index is 11.9. The van der Waals surface area contributed by atoms with Gasteiger partial charge in [-0.15, -0.1) is 10.2 Å². The molecule has 0 radical (unpaired) electrons. The summed E-state index contributed by atoms with van der Waals surface area (Å²) in [5.74, 6) is 0.332. The van der Waals surface area contributed by atoms with Crippen LogP contribution in [0.4, 0.5) is 0 Å². The molecule has 112 valence electrons. The standard InChI is InChI=1S/C14H12ClN5OS/c15-12-3-1-2-10(6-12)7-16-13(21)8-20-18-14(17-19-20)11-4-5-22-9-11/h1-6,9H,7-8H2,(H,16,21). The summed E-state index contributed by atoms with van der Waals surface area (Å²) in [7, 11) is 0. The summed E-state index contributed by atoms with van der Waals surface area (Å²) in [5, 5.41) is 19.3. The number of tetrazole rings is 1. The molecule has 3 aromatic rings. The summed E-state index contributed by atoms with van der Waals surface area (Å²) < 4.78 is 0. The van der Waals surface area contributed by atoms with Crippen molar-refractivity contribution in [2.45, 2.75) is 13.1 Å². The predicted octanol–water partition coefficient (Wildman–Crippen LogP) is 2.37. The van der Waals surface area contributed by atoms with Crippen molar-refractivity contribution in [3.8, 4) is 11.4 Å². The average molecular weight is 334 g/mol. The van der Waals surface area contributed by atoms with Crippen molar-refractivity contribution in [3.05, 3.63) is 51.7 Å². The van der Waals surface area contributed by atoms with Crippen molar-refractivity contribution in [2.24, 2.45) is 0 Å². The van der Waals surface area contributed by atoms with Gasteiger partial charge in [0.25, 0.3) is 0 Å². The molecule has 1 amide bonds. The van der Waals surface area contributed by atoms with Gasteiger partial charge in [0.05, 0.1) is 0 Å². The molecule has 0 saturated carbocycles. The zero-order chi connectivity index (χ0) is 15.4. The zero-order valence-corrected chi connectivity index (χ0v) is 13.0. The largest absolute Gasteiger partial charge is 0.350 e. The summed E-state index contributed by atoms with van der Waals surface area (Å²) in [6, 6.07) is 9.25. The number of rotatable bonds is 5. The Morgan fingerprint density at radius 2 is 2.27 bits per heavy atom. The maximum Gasteiger partial charge on any atom is 0.243 e. The van der Waals surface area contributed by atoms with Gasteiger partial charge in [-0.2, -0.15) is 16.1 Å². The Labute approximate surface area is 135 Å². The second-order valence-corrected chi connectivity index (χ2v) is 5.78. The number of carbonyl (C=O) groups is 1. The van der Waals surface area contributed by atoms with Crippen molar-refractivity contribution in [3.63, 3.8) is 0 Å². The minimum atomic E-state index is -0.186. The second-order valence-electron chi connectivity index (χ2n) is 4.56. The minimum absolute atomic E-state index is 0.0255. The third-order valence-electron chi connectivity index (χ3n) is 2.90. The second kappa shape index (κ2) is 6.67. The van der Waals surface area contributed by atoms with Crippen LogP contribution in [0.2, 0.25) is 5.02 Å². The highest BCUT2D eigenvalue weighted by Crippen LogP contribution is 2.16. The molecule has 22 heavy (non-hydrogen) atoms. The Bertz CT molecular complexity index is 771. The maximum atomic E-state index is 11.9. The SMILES string of the molecule is O=C(Cn1nnc(-c2ccsc2)n1)NCc1cccc(Cl)c1. The molecule has 1 N–H and O–H groups in total. The van der Waals surface area contributed by atoms with Gasteiger partial charge in [-0.25, -0.2) is 0 Å². The van der Waals surface area contributed by atoms with E-state index in [1.54, 1.807) is 17.4 Å². The smallest absolute Gasteiger partial charge is 0.243 e. The Hall–Kier alpha value is -2.25. The Morgan fingerprint density at radius 1 is 1.36 bits per heavy atom. The third-order valence-corrected chi connectivity index (χ3v) is 3.81. The van der Waals surface area contributed by atoms with Crippen molar-refractivity contribution in [1.29, 1.82) is 0 Å². The van der Waals surface area contributed by atoms with E-state index < -0.39 is 0 Å². The predicted molar refractivity (Wildman–Crippen MR) is 84.4 cm³/mol. The van der Waals surface area contributed by atoms with E-state index in [-0.39, 0.29) is 12.5 Å². The van der Waals surface area contributed by atoms with E-state index >= 15 is 0 Å². The number of amides is 1. The van der Waals surface area contributed by atoms with Crippen LogP contribution in [-0.4, -0.2) is 26.1 Å². The molecule has 2 heterocycles. The van der Waals surface area contributed by atoms with Crippen LogP contribution in [-0.2, 0) is 17.9 Å². The molecule has 0 fully saturated rings. The van der Waals surface area contributed by atoms with Crippen LogP contribution in [0.3, 0.4) is 0 Å². The first-order valence-corrected chi connectivity index (χ1v) is 7.84. The molecule has 8 heteroatoms. The van der Waals surface area contributed by atoms with Crippen LogP contribution in [0.5, 0.6) is 0 Å². The number of carbonyl (C=O) groups excluding carboxylic acids is 1. The van der Waals surface area contributed by atoms with Crippen molar-refractivity contribution in [1.82, 2.24) is 25.5 Å². The number of aromatic nitrogens is 4. The lowest BCUT2D eigenvalue weighted by atomic mass is 10.2. The fraction of sp³-hybridized carbons (Fsp3) is 0.143. The summed E-state index contributed by atoms with van der Waals surface area (Å²) in [5.41, 5.74) is 1.84. The van der Waals surface area contributed by atoms with E-state index in [0.717, 1.165) is 11.1 Å². The first kappa shape index (κ1) is 14.7. The van der Waals surface area contributed by atoms with E-state index in [9.17, 15) is 4.79 Å².